The minimum Gasteiger partial charge on any atom is -0.462 e. The van der Waals surface area contributed by atoms with Gasteiger partial charge >= 0.3 is 0 Å². The second kappa shape index (κ2) is 8.39. The monoisotopic (exact) mass is 370 g/mol. The van der Waals surface area contributed by atoms with Crippen LogP contribution in [0.1, 0.15) is 5.69 Å². The van der Waals surface area contributed by atoms with E-state index in [4.69, 9.17) is 4.42 Å². The van der Waals surface area contributed by atoms with Crippen molar-refractivity contribution in [2.45, 2.75) is 6.54 Å². The maximum atomic E-state index is 5.39. The Balaban J connectivity index is 1.16. The molecule has 26 heavy (non-hydrogen) atoms. The zero-order chi connectivity index (χ0) is 17.6. The summed E-state index contributed by atoms with van der Waals surface area (Å²) in [5.74, 6) is 1.67. The molecule has 4 rings (SSSR count). The summed E-state index contributed by atoms with van der Waals surface area (Å²) in [5, 5.41) is 6.51. The van der Waals surface area contributed by atoms with Crippen molar-refractivity contribution in [3.8, 4) is 10.8 Å². The average Bonchev–Trinajstić information content (AvgIpc) is 3.38. The van der Waals surface area contributed by atoms with E-state index in [0.717, 1.165) is 68.2 Å². The number of furan rings is 1. The lowest BCUT2D eigenvalue weighted by Gasteiger charge is -2.34. The SMILES string of the molecule is c1cnc(N2CCN(CCNCc3csc(-c4ccco4)n3)CC2)nc1. The lowest BCUT2D eigenvalue weighted by atomic mass is 10.3. The third-order valence-corrected chi connectivity index (χ3v) is 5.31. The van der Waals surface area contributed by atoms with E-state index < -0.39 is 0 Å². The second-order valence-corrected chi connectivity index (χ2v) is 7.03. The lowest BCUT2D eigenvalue weighted by molar-refractivity contribution is 0.256. The lowest BCUT2D eigenvalue weighted by Crippen LogP contribution is -2.48. The Labute approximate surface area is 156 Å². The van der Waals surface area contributed by atoms with Gasteiger partial charge in [-0.25, -0.2) is 15.0 Å². The highest BCUT2D eigenvalue weighted by atomic mass is 32.1. The Morgan fingerprint density at radius 3 is 2.73 bits per heavy atom. The maximum absolute atomic E-state index is 5.39. The Bertz CT molecular complexity index is 783. The molecule has 0 atom stereocenters. The Hall–Kier alpha value is -2.29. The number of piperazine rings is 1. The van der Waals surface area contributed by atoms with E-state index in [1.165, 1.54) is 0 Å². The fraction of sp³-hybridized carbons (Fsp3) is 0.389. The van der Waals surface area contributed by atoms with Crippen molar-refractivity contribution >= 4 is 17.3 Å². The number of rotatable bonds is 7. The van der Waals surface area contributed by atoms with Crippen molar-refractivity contribution < 1.29 is 4.42 Å². The zero-order valence-corrected chi connectivity index (χ0v) is 15.4. The van der Waals surface area contributed by atoms with Crippen LogP contribution >= 0.6 is 11.3 Å². The zero-order valence-electron chi connectivity index (χ0n) is 14.5. The van der Waals surface area contributed by atoms with E-state index in [9.17, 15) is 0 Å². The molecular weight excluding hydrogens is 348 g/mol. The summed E-state index contributed by atoms with van der Waals surface area (Å²) in [6, 6.07) is 5.68. The molecule has 0 spiro atoms. The number of anilines is 1. The molecule has 7 nitrogen and oxygen atoms in total. The van der Waals surface area contributed by atoms with Crippen LogP contribution in [0.3, 0.4) is 0 Å². The van der Waals surface area contributed by atoms with E-state index >= 15 is 0 Å². The first kappa shape index (κ1) is 17.1. The van der Waals surface area contributed by atoms with Gasteiger partial charge in [-0.1, -0.05) is 0 Å². The summed E-state index contributed by atoms with van der Waals surface area (Å²) >= 11 is 1.62. The van der Waals surface area contributed by atoms with Gasteiger partial charge in [0.2, 0.25) is 5.95 Å². The third kappa shape index (κ3) is 4.27. The van der Waals surface area contributed by atoms with Gasteiger partial charge in [0, 0.05) is 63.6 Å². The molecule has 4 heterocycles. The summed E-state index contributed by atoms with van der Waals surface area (Å²) in [7, 11) is 0. The van der Waals surface area contributed by atoms with Gasteiger partial charge in [-0.05, 0) is 18.2 Å². The van der Waals surface area contributed by atoms with E-state index in [-0.39, 0.29) is 0 Å². The van der Waals surface area contributed by atoms with Crippen molar-refractivity contribution in [2.75, 3.05) is 44.2 Å². The molecule has 1 fully saturated rings. The van der Waals surface area contributed by atoms with Crippen LogP contribution in [0.5, 0.6) is 0 Å². The first-order valence-corrected chi connectivity index (χ1v) is 9.70. The van der Waals surface area contributed by atoms with Crippen molar-refractivity contribution in [3.63, 3.8) is 0 Å². The first-order chi connectivity index (χ1) is 12.9. The maximum Gasteiger partial charge on any atom is 0.225 e. The summed E-state index contributed by atoms with van der Waals surface area (Å²) in [5.41, 5.74) is 1.06. The van der Waals surface area contributed by atoms with Crippen LogP contribution in [0, 0.1) is 0 Å². The number of nitrogens with one attached hydrogen (secondary N) is 1. The normalized spacial score (nSPS) is 15.5. The molecule has 0 aromatic carbocycles. The molecule has 0 unspecified atom stereocenters. The fourth-order valence-electron chi connectivity index (χ4n) is 2.98. The van der Waals surface area contributed by atoms with E-state index in [0.29, 0.717) is 0 Å². The summed E-state index contributed by atoms with van der Waals surface area (Å²) in [6.07, 6.45) is 5.28. The van der Waals surface area contributed by atoms with Gasteiger partial charge in [-0.3, -0.25) is 4.90 Å². The Morgan fingerprint density at radius 2 is 1.96 bits per heavy atom. The molecule has 1 N–H and O–H groups in total. The van der Waals surface area contributed by atoms with Crippen LogP contribution in [-0.2, 0) is 6.54 Å². The molecule has 1 saturated heterocycles. The molecule has 0 amide bonds. The van der Waals surface area contributed by atoms with E-state index in [2.05, 4.69) is 35.4 Å². The minimum atomic E-state index is 0.787. The van der Waals surface area contributed by atoms with Crippen molar-refractivity contribution in [1.29, 1.82) is 0 Å². The van der Waals surface area contributed by atoms with Gasteiger partial charge in [0.15, 0.2) is 10.8 Å². The predicted octanol–water partition coefficient (Wildman–Crippen LogP) is 2.10. The van der Waals surface area contributed by atoms with Crippen molar-refractivity contribution in [3.05, 3.63) is 47.9 Å². The number of aromatic nitrogens is 3. The van der Waals surface area contributed by atoms with Gasteiger partial charge in [-0.2, -0.15) is 0 Å². The molecule has 136 valence electrons. The number of nitrogens with zero attached hydrogens (tertiary/aromatic N) is 5. The molecule has 0 aliphatic carbocycles. The van der Waals surface area contributed by atoms with Crippen molar-refractivity contribution in [1.82, 2.24) is 25.2 Å². The molecule has 1 aliphatic heterocycles. The first-order valence-electron chi connectivity index (χ1n) is 8.82. The van der Waals surface area contributed by atoms with E-state index in [1.54, 1.807) is 30.0 Å². The summed E-state index contributed by atoms with van der Waals surface area (Å²) in [6.45, 7) is 6.81. The summed E-state index contributed by atoms with van der Waals surface area (Å²) in [4.78, 5) is 18.0. The molecule has 0 saturated carbocycles. The Kier molecular flexibility index (Phi) is 5.53. The molecule has 1 aliphatic rings. The van der Waals surface area contributed by atoms with Gasteiger partial charge in [-0.15, -0.1) is 11.3 Å². The molecular formula is C18H22N6OS. The topological polar surface area (TPSA) is 70.3 Å². The van der Waals surface area contributed by atoms with Gasteiger partial charge < -0.3 is 14.6 Å². The standard InChI is InChI=1S/C18H22N6OS/c1-3-16(25-12-1)17-22-15(14-26-17)13-19-6-7-23-8-10-24(11-9-23)18-20-4-2-5-21-18/h1-5,12,14,19H,6-11,13H2. The predicted molar refractivity (Wildman–Crippen MR) is 102 cm³/mol. The highest BCUT2D eigenvalue weighted by Crippen LogP contribution is 2.23. The van der Waals surface area contributed by atoms with E-state index in [1.807, 2.05) is 18.2 Å². The largest absolute Gasteiger partial charge is 0.462 e. The van der Waals surface area contributed by atoms with Gasteiger partial charge in [0.05, 0.1) is 12.0 Å². The third-order valence-electron chi connectivity index (χ3n) is 4.40. The quantitative estimate of drug-likeness (QED) is 0.639. The second-order valence-electron chi connectivity index (χ2n) is 6.18. The average molecular weight is 370 g/mol. The number of hydrogen-bond acceptors (Lipinski definition) is 8. The van der Waals surface area contributed by atoms with Crippen LogP contribution in [0.4, 0.5) is 5.95 Å². The van der Waals surface area contributed by atoms with Crippen LogP contribution in [0.25, 0.3) is 10.8 Å². The summed E-state index contributed by atoms with van der Waals surface area (Å²) < 4.78 is 5.39. The van der Waals surface area contributed by atoms with Gasteiger partial charge in [0.25, 0.3) is 0 Å². The van der Waals surface area contributed by atoms with Gasteiger partial charge in [0.1, 0.15) is 0 Å². The Morgan fingerprint density at radius 1 is 1.12 bits per heavy atom. The van der Waals surface area contributed by atoms with Crippen LogP contribution in [0.15, 0.2) is 46.7 Å². The fourth-order valence-corrected chi connectivity index (χ4v) is 3.77. The highest BCUT2D eigenvalue weighted by Gasteiger charge is 2.18. The number of hydrogen-bond donors (Lipinski definition) is 1. The minimum absolute atomic E-state index is 0.787. The molecule has 0 bridgehead atoms. The van der Waals surface area contributed by atoms with Crippen molar-refractivity contribution in [2.24, 2.45) is 0 Å². The molecule has 3 aromatic heterocycles. The number of thiazole rings is 1. The van der Waals surface area contributed by atoms with Crippen LogP contribution in [-0.4, -0.2) is 59.1 Å². The molecule has 0 radical (unpaired) electrons. The van der Waals surface area contributed by atoms with Crippen LogP contribution < -0.4 is 10.2 Å². The van der Waals surface area contributed by atoms with Crippen LogP contribution in [0.2, 0.25) is 0 Å². The molecule has 8 heteroatoms. The molecule has 3 aromatic rings. The smallest absolute Gasteiger partial charge is 0.225 e. The highest BCUT2D eigenvalue weighted by molar-refractivity contribution is 7.13.